The van der Waals surface area contributed by atoms with Gasteiger partial charge in [0.25, 0.3) is 5.56 Å². The number of likely N-dealkylation sites (N-methyl/N-ethyl adjacent to an activating group) is 1. The van der Waals surface area contributed by atoms with Crippen LogP contribution in [0.15, 0.2) is 65.7 Å². The zero-order valence-corrected chi connectivity index (χ0v) is 17.4. The molecule has 4 aromatic rings. The summed E-state index contributed by atoms with van der Waals surface area (Å²) in [5.74, 6) is -0.0955. The lowest BCUT2D eigenvalue weighted by atomic mass is 10.1. The molecule has 1 amide bonds. The molecule has 4 rings (SSSR count). The molecular formula is C22H20ClN5O2. The van der Waals surface area contributed by atoms with E-state index in [2.05, 4.69) is 10.2 Å². The van der Waals surface area contributed by atoms with E-state index >= 15 is 0 Å². The molecule has 0 saturated heterocycles. The molecule has 0 saturated carbocycles. The van der Waals surface area contributed by atoms with Crippen molar-refractivity contribution in [2.45, 2.75) is 13.0 Å². The standard InChI is InChI=1S/C22H20ClN5O2/c1-26(13-15-12-24-28(14-15)17-7-5-6-16(23)10-17)21(29)11-20-18-8-3-4-9-19(18)22(30)27(2)25-20/h3-10,12,14H,11,13H2,1-2H3. The number of halogens is 1. The summed E-state index contributed by atoms with van der Waals surface area (Å²) in [5.41, 5.74) is 2.15. The molecule has 8 heteroatoms. The molecule has 0 aliphatic heterocycles. The van der Waals surface area contributed by atoms with Gasteiger partial charge in [-0.15, -0.1) is 0 Å². The van der Waals surface area contributed by atoms with E-state index in [1.54, 1.807) is 48.1 Å². The molecule has 2 aromatic heterocycles. The van der Waals surface area contributed by atoms with E-state index < -0.39 is 0 Å². The van der Waals surface area contributed by atoms with Crippen molar-refractivity contribution in [3.8, 4) is 5.69 Å². The molecule has 0 radical (unpaired) electrons. The minimum absolute atomic E-state index is 0.0955. The highest BCUT2D eigenvalue weighted by molar-refractivity contribution is 6.30. The van der Waals surface area contributed by atoms with E-state index in [4.69, 9.17) is 11.6 Å². The van der Waals surface area contributed by atoms with E-state index in [9.17, 15) is 9.59 Å². The lowest BCUT2D eigenvalue weighted by Crippen LogP contribution is -2.29. The summed E-state index contributed by atoms with van der Waals surface area (Å²) in [6.45, 7) is 0.406. The second-order valence-electron chi connectivity index (χ2n) is 7.12. The van der Waals surface area contributed by atoms with Gasteiger partial charge in [0.1, 0.15) is 0 Å². The van der Waals surface area contributed by atoms with Gasteiger partial charge in [0.05, 0.1) is 29.4 Å². The number of rotatable bonds is 5. The number of aryl methyl sites for hydroxylation is 1. The summed E-state index contributed by atoms with van der Waals surface area (Å²) in [7, 11) is 3.33. The van der Waals surface area contributed by atoms with Crippen LogP contribution in [0.3, 0.4) is 0 Å². The first-order valence-electron chi connectivity index (χ1n) is 9.41. The molecule has 0 bridgehead atoms. The Bertz CT molecular complexity index is 1290. The molecule has 152 valence electrons. The fourth-order valence-electron chi connectivity index (χ4n) is 3.35. The van der Waals surface area contributed by atoms with Crippen LogP contribution in [0.1, 0.15) is 11.3 Å². The lowest BCUT2D eigenvalue weighted by molar-refractivity contribution is -0.129. The highest BCUT2D eigenvalue weighted by Crippen LogP contribution is 2.17. The van der Waals surface area contributed by atoms with Gasteiger partial charge in [-0.1, -0.05) is 35.9 Å². The van der Waals surface area contributed by atoms with Crippen LogP contribution in [0, 0.1) is 0 Å². The van der Waals surface area contributed by atoms with E-state index in [-0.39, 0.29) is 17.9 Å². The van der Waals surface area contributed by atoms with Crippen molar-refractivity contribution in [2.24, 2.45) is 7.05 Å². The predicted molar refractivity (Wildman–Crippen MR) is 116 cm³/mol. The maximum atomic E-state index is 12.8. The molecular weight excluding hydrogens is 402 g/mol. The van der Waals surface area contributed by atoms with E-state index in [1.165, 1.54) is 4.68 Å². The Balaban J connectivity index is 1.51. The molecule has 30 heavy (non-hydrogen) atoms. The fourth-order valence-corrected chi connectivity index (χ4v) is 3.53. The quantitative estimate of drug-likeness (QED) is 0.496. The number of nitrogens with zero attached hydrogens (tertiary/aromatic N) is 5. The van der Waals surface area contributed by atoms with E-state index in [0.717, 1.165) is 11.3 Å². The number of benzene rings is 2. The third-order valence-electron chi connectivity index (χ3n) is 4.91. The van der Waals surface area contributed by atoms with Crippen LogP contribution >= 0.6 is 11.6 Å². The van der Waals surface area contributed by atoms with Crippen molar-refractivity contribution in [1.29, 1.82) is 0 Å². The van der Waals surface area contributed by atoms with Crippen molar-refractivity contribution in [3.63, 3.8) is 0 Å². The molecule has 0 aliphatic carbocycles. The SMILES string of the molecule is CN(Cc1cnn(-c2cccc(Cl)c2)c1)C(=O)Cc1nn(C)c(=O)c2ccccc12. The molecule has 7 nitrogen and oxygen atoms in total. The first-order chi connectivity index (χ1) is 14.4. The third kappa shape index (κ3) is 3.97. The van der Waals surface area contributed by atoms with Crippen LogP contribution < -0.4 is 5.56 Å². The topological polar surface area (TPSA) is 73.0 Å². The van der Waals surface area contributed by atoms with Crippen LogP contribution in [0.4, 0.5) is 0 Å². The van der Waals surface area contributed by atoms with Gasteiger partial charge in [-0.2, -0.15) is 10.2 Å². The Morgan fingerprint density at radius 1 is 1.13 bits per heavy atom. The zero-order valence-electron chi connectivity index (χ0n) is 16.6. The largest absolute Gasteiger partial charge is 0.341 e. The van der Waals surface area contributed by atoms with Crippen molar-refractivity contribution in [1.82, 2.24) is 24.5 Å². The molecule has 2 aromatic carbocycles. The Kier molecular flexibility index (Phi) is 5.37. The molecule has 0 N–H and O–H groups in total. The highest BCUT2D eigenvalue weighted by atomic mass is 35.5. The van der Waals surface area contributed by atoms with Gasteiger partial charge in [0.2, 0.25) is 5.91 Å². The normalized spacial score (nSPS) is 11.0. The van der Waals surface area contributed by atoms with Gasteiger partial charge in [-0.3, -0.25) is 9.59 Å². The smallest absolute Gasteiger partial charge is 0.274 e. The van der Waals surface area contributed by atoms with Gasteiger partial charge in [-0.25, -0.2) is 9.36 Å². The molecule has 0 spiro atoms. The maximum Gasteiger partial charge on any atom is 0.274 e. The Morgan fingerprint density at radius 3 is 2.67 bits per heavy atom. The van der Waals surface area contributed by atoms with Gasteiger partial charge < -0.3 is 4.90 Å². The first kappa shape index (κ1) is 19.8. The average Bonchev–Trinajstić information content (AvgIpc) is 3.20. The second kappa shape index (κ2) is 8.12. The Morgan fingerprint density at radius 2 is 1.90 bits per heavy atom. The van der Waals surface area contributed by atoms with Crippen LogP contribution in [-0.2, 0) is 24.8 Å². The number of amides is 1. The van der Waals surface area contributed by atoms with Gasteiger partial charge in [0.15, 0.2) is 0 Å². The fraction of sp³-hybridized carbons (Fsp3) is 0.182. The Labute approximate surface area is 178 Å². The summed E-state index contributed by atoms with van der Waals surface area (Å²) in [6, 6.07) is 14.6. The number of fused-ring (bicyclic) bond motifs is 1. The Hall–Kier alpha value is -3.45. The van der Waals surface area contributed by atoms with Crippen molar-refractivity contribution in [2.75, 3.05) is 7.05 Å². The third-order valence-corrected chi connectivity index (χ3v) is 5.14. The number of hydrogen-bond acceptors (Lipinski definition) is 4. The number of aromatic nitrogens is 4. The molecule has 0 fully saturated rings. The number of carbonyl (C=O) groups excluding carboxylic acids is 1. The number of hydrogen-bond donors (Lipinski definition) is 0. The summed E-state index contributed by atoms with van der Waals surface area (Å²) < 4.78 is 3.00. The minimum atomic E-state index is -0.177. The zero-order chi connectivity index (χ0) is 21.3. The van der Waals surface area contributed by atoms with Crippen molar-refractivity contribution >= 4 is 28.3 Å². The average molecular weight is 422 g/mol. The summed E-state index contributed by atoms with van der Waals surface area (Å²) in [4.78, 5) is 26.7. The number of carbonyl (C=O) groups is 1. The van der Waals surface area contributed by atoms with Gasteiger partial charge in [0, 0.05) is 42.8 Å². The second-order valence-corrected chi connectivity index (χ2v) is 7.56. The summed E-state index contributed by atoms with van der Waals surface area (Å²) in [5, 5.41) is 10.6. The van der Waals surface area contributed by atoms with Crippen LogP contribution in [0.25, 0.3) is 16.5 Å². The van der Waals surface area contributed by atoms with E-state index in [1.807, 2.05) is 36.5 Å². The van der Waals surface area contributed by atoms with Crippen molar-refractivity contribution in [3.05, 3.63) is 87.6 Å². The summed E-state index contributed by atoms with van der Waals surface area (Å²) in [6.07, 6.45) is 3.70. The van der Waals surface area contributed by atoms with Crippen LogP contribution in [0.5, 0.6) is 0 Å². The molecule has 0 unspecified atom stereocenters. The van der Waals surface area contributed by atoms with E-state index in [0.29, 0.717) is 28.0 Å². The predicted octanol–water partition coefficient (Wildman–Crippen LogP) is 2.97. The highest BCUT2D eigenvalue weighted by Gasteiger charge is 2.16. The van der Waals surface area contributed by atoms with Crippen LogP contribution in [-0.4, -0.2) is 37.4 Å². The van der Waals surface area contributed by atoms with Crippen molar-refractivity contribution < 1.29 is 4.79 Å². The lowest BCUT2D eigenvalue weighted by Gasteiger charge is -2.17. The monoisotopic (exact) mass is 421 g/mol. The summed E-state index contributed by atoms with van der Waals surface area (Å²) >= 11 is 6.05. The molecule has 2 heterocycles. The molecule has 0 aliphatic rings. The maximum absolute atomic E-state index is 12.8. The van der Waals surface area contributed by atoms with Gasteiger partial charge >= 0.3 is 0 Å². The minimum Gasteiger partial charge on any atom is -0.341 e. The van der Waals surface area contributed by atoms with Crippen LogP contribution in [0.2, 0.25) is 5.02 Å². The first-order valence-corrected chi connectivity index (χ1v) is 9.78. The van der Waals surface area contributed by atoms with Gasteiger partial charge in [-0.05, 0) is 24.3 Å². The molecule has 0 atom stereocenters.